The molecule has 2 bridgehead atoms. The third-order valence-electron chi connectivity index (χ3n) is 8.94. The van der Waals surface area contributed by atoms with Gasteiger partial charge in [-0.3, -0.25) is 14.5 Å². The molecule has 2 aliphatic heterocycles. The first-order valence-electron chi connectivity index (χ1n) is 14.9. The number of piperidine rings is 1. The molecule has 0 aromatic heterocycles. The molecular formula is C31H49N3O2. The maximum Gasteiger partial charge on any atom is 0.226 e. The predicted octanol–water partition coefficient (Wildman–Crippen LogP) is 6.40. The number of hydrogen-bond donors (Lipinski definition) is 0. The lowest BCUT2D eigenvalue weighted by molar-refractivity contribution is -0.133. The molecule has 1 saturated carbocycles. The molecule has 0 spiro atoms. The minimum atomic E-state index is 0.182. The van der Waals surface area contributed by atoms with Crippen molar-refractivity contribution in [2.24, 2.45) is 11.8 Å². The van der Waals surface area contributed by atoms with Crippen molar-refractivity contribution in [1.29, 1.82) is 0 Å². The summed E-state index contributed by atoms with van der Waals surface area (Å²) in [5.74, 6) is 1.87. The van der Waals surface area contributed by atoms with Crippen LogP contribution in [0, 0.1) is 11.8 Å². The minimum absolute atomic E-state index is 0.182. The molecule has 0 radical (unpaired) electrons. The van der Waals surface area contributed by atoms with Gasteiger partial charge < -0.3 is 9.80 Å². The molecule has 5 heteroatoms. The normalized spacial score (nSPS) is 24.0. The van der Waals surface area contributed by atoms with Crippen LogP contribution in [0.2, 0.25) is 0 Å². The third kappa shape index (κ3) is 6.90. The van der Waals surface area contributed by atoms with Crippen LogP contribution in [0.1, 0.15) is 103 Å². The lowest BCUT2D eigenvalue weighted by Crippen LogP contribution is -2.53. The van der Waals surface area contributed by atoms with Crippen LogP contribution < -0.4 is 4.90 Å². The van der Waals surface area contributed by atoms with E-state index >= 15 is 0 Å². The zero-order valence-electron chi connectivity index (χ0n) is 23.1. The van der Waals surface area contributed by atoms with Crippen molar-refractivity contribution in [3.8, 4) is 0 Å². The first kappa shape index (κ1) is 27.2. The summed E-state index contributed by atoms with van der Waals surface area (Å²) in [6.45, 7) is 9.83. The fourth-order valence-corrected chi connectivity index (χ4v) is 6.75. The number of nitrogens with zero attached hydrogens (tertiary/aromatic N) is 3. The number of anilines is 1. The molecule has 1 aromatic rings. The van der Waals surface area contributed by atoms with Gasteiger partial charge in [0.25, 0.3) is 0 Å². The molecule has 1 aromatic carbocycles. The summed E-state index contributed by atoms with van der Waals surface area (Å²) >= 11 is 0. The van der Waals surface area contributed by atoms with Gasteiger partial charge in [0, 0.05) is 50.2 Å². The molecule has 2 amide bonds. The minimum Gasteiger partial charge on any atom is -0.337 e. The molecular weight excluding hydrogens is 446 g/mol. The van der Waals surface area contributed by atoms with Gasteiger partial charge in [-0.2, -0.15) is 0 Å². The van der Waals surface area contributed by atoms with E-state index in [1.165, 1.54) is 51.4 Å². The Morgan fingerprint density at radius 1 is 0.944 bits per heavy atom. The van der Waals surface area contributed by atoms with Crippen LogP contribution in [0.5, 0.6) is 0 Å². The second kappa shape index (κ2) is 13.1. The van der Waals surface area contributed by atoms with E-state index in [0.717, 1.165) is 49.6 Å². The summed E-state index contributed by atoms with van der Waals surface area (Å²) in [6.07, 6.45) is 13.2. The smallest absolute Gasteiger partial charge is 0.226 e. The molecule has 3 aliphatic rings. The highest BCUT2D eigenvalue weighted by Crippen LogP contribution is 2.32. The standard InChI is InChI=1S/C31H49N3O2/c1-4-30(35)34-21-19-27-13-9-14-28(33(27)20-18-24(2)3)23-32(22-26-12-7-8-15-29(26)34)31(36)17-16-25-10-5-6-11-25/h7-8,12,15,24-25,27-28H,4-6,9-11,13-14,16-23H2,1-3H3. The van der Waals surface area contributed by atoms with Crippen LogP contribution in [0.3, 0.4) is 0 Å². The number of benzene rings is 1. The molecule has 2 heterocycles. The molecule has 5 nitrogen and oxygen atoms in total. The number of carbonyl (C=O) groups excluding carboxylic acids is 2. The summed E-state index contributed by atoms with van der Waals surface area (Å²) in [4.78, 5) is 33.8. The zero-order chi connectivity index (χ0) is 25.5. The summed E-state index contributed by atoms with van der Waals surface area (Å²) in [7, 11) is 0. The van der Waals surface area contributed by atoms with Gasteiger partial charge in [-0.25, -0.2) is 0 Å². The molecule has 1 aliphatic carbocycles. The van der Waals surface area contributed by atoms with E-state index in [-0.39, 0.29) is 5.91 Å². The largest absolute Gasteiger partial charge is 0.337 e. The Morgan fingerprint density at radius 3 is 2.44 bits per heavy atom. The van der Waals surface area contributed by atoms with Gasteiger partial charge in [-0.1, -0.05) is 71.1 Å². The molecule has 2 atom stereocenters. The van der Waals surface area contributed by atoms with Crippen molar-refractivity contribution in [2.45, 2.75) is 116 Å². The second-order valence-electron chi connectivity index (χ2n) is 11.9. The first-order valence-corrected chi connectivity index (χ1v) is 14.9. The number of hydrogen-bond acceptors (Lipinski definition) is 3. The Kier molecular flexibility index (Phi) is 9.87. The van der Waals surface area contributed by atoms with Gasteiger partial charge >= 0.3 is 0 Å². The van der Waals surface area contributed by atoms with Crippen LogP contribution >= 0.6 is 0 Å². The Labute approximate surface area is 219 Å². The van der Waals surface area contributed by atoms with Crippen molar-refractivity contribution in [3.05, 3.63) is 29.8 Å². The molecule has 2 fully saturated rings. The molecule has 36 heavy (non-hydrogen) atoms. The van der Waals surface area contributed by atoms with E-state index in [1.54, 1.807) is 0 Å². The second-order valence-corrected chi connectivity index (χ2v) is 11.9. The Balaban J connectivity index is 1.64. The van der Waals surface area contributed by atoms with Crippen LogP contribution in [-0.2, 0) is 16.1 Å². The van der Waals surface area contributed by atoms with E-state index in [4.69, 9.17) is 0 Å². The number of carbonyl (C=O) groups is 2. The average Bonchev–Trinajstić information content (AvgIpc) is 3.40. The SMILES string of the molecule is CCC(=O)N1CCC2CCCC(CN(C(=O)CCC3CCCC3)Cc3ccccc31)N2CCC(C)C. The van der Waals surface area contributed by atoms with Gasteiger partial charge in [0.05, 0.1) is 0 Å². The summed E-state index contributed by atoms with van der Waals surface area (Å²) in [5, 5.41) is 0. The van der Waals surface area contributed by atoms with E-state index in [0.29, 0.717) is 43.3 Å². The van der Waals surface area contributed by atoms with Crippen molar-refractivity contribution in [2.75, 3.05) is 24.5 Å². The Bertz CT molecular complexity index is 863. The molecule has 0 N–H and O–H groups in total. The van der Waals surface area contributed by atoms with Gasteiger partial charge in [-0.05, 0) is 62.1 Å². The average molecular weight is 496 g/mol. The molecule has 2 unspecified atom stereocenters. The van der Waals surface area contributed by atoms with Crippen LogP contribution in [0.15, 0.2) is 24.3 Å². The Morgan fingerprint density at radius 2 is 1.69 bits per heavy atom. The highest BCUT2D eigenvalue weighted by atomic mass is 16.2. The topological polar surface area (TPSA) is 43.9 Å². The number of amides is 2. The van der Waals surface area contributed by atoms with Gasteiger partial charge in [0.1, 0.15) is 0 Å². The highest BCUT2D eigenvalue weighted by Gasteiger charge is 2.34. The number of rotatable bonds is 7. The lowest BCUT2D eigenvalue weighted by atomic mass is 9.91. The van der Waals surface area contributed by atoms with E-state index in [1.807, 2.05) is 17.9 Å². The van der Waals surface area contributed by atoms with Crippen molar-refractivity contribution in [3.63, 3.8) is 0 Å². The fraction of sp³-hybridized carbons (Fsp3) is 0.742. The van der Waals surface area contributed by atoms with Gasteiger partial charge in [0.15, 0.2) is 0 Å². The lowest BCUT2D eigenvalue weighted by Gasteiger charge is -2.44. The predicted molar refractivity (Wildman–Crippen MR) is 148 cm³/mol. The fourth-order valence-electron chi connectivity index (χ4n) is 6.75. The maximum atomic E-state index is 13.7. The summed E-state index contributed by atoms with van der Waals surface area (Å²) < 4.78 is 0. The zero-order valence-corrected chi connectivity index (χ0v) is 23.1. The van der Waals surface area contributed by atoms with Crippen molar-refractivity contribution in [1.82, 2.24) is 9.80 Å². The van der Waals surface area contributed by atoms with E-state index < -0.39 is 0 Å². The van der Waals surface area contributed by atoms with Gasteiger partial charge in [-0.15, -0.1) is 0 Å². The molecule has 200 valence electrons. The summed E-state index contributed by atoms with van der Waals surface area (Å²) in [5.41, 5.74) is 2.11. The summed E-state index contributed by atoms with van der Waals surface area (Å²) in [6, 6.07) is 9.21. The van der Waals surface area contributed by atoms with Crippen LogP contribution in [0.4, 0.5) is 5.69 Å². The molecule has 1 saturated heterocycles. The van der Waals surface area contributed by atoms with Crippen LogP contribution in [-0.4, -0.2) is 53.3 Å². The monoisotopic (exact) mass is 495 g/mol. The van der Waals surface area contributed by atoms with E-state index in [9.17, 15) is 9.59 Å². The number of para-hydroxylation sites is 1. The van der Waals surface area contributed by atoms with Gasteiger partial charge in [0.2, 0.25) is 11.8 Å². The molecule has 4 rings (SSSR count). The quantitative estimate of drug-likeness (QED) is 0.439. The maximum absolute atomic E-state index is 13.7. The first-order chi connectivity index (χ1) is 17.5. The number of fused-ring (bicyclic) bond motifs is 3. The van der Waals surface area contributed by atoms with Crippen molar-refractivity contribution < 1.29 is 9.59 Å². The van der Waals surface area contributed by atoms with Crippen molar-refractivity contribution >= 4 is 17.5 Å². The van der Waals surface area contributed by atoms with E-state index in [2.05, 4.69) is 41.8 Å². The highest BCUT2D eigenvalue weighted by molar-refractivity contribution is 5.94. The Hall–Kier alpha value is -1.88. The van der Waals surface area contributed by atoms with Crippen LogP contribution in [0.25, 0.3) is 0 Å². The third-order valence-corrected chi connectivity index (χ3v) is 8.94.